The van der Waals surface area contributed by atoms with Gasteiger partial charge in [-0.2, -0.15) is 5.10 Å². The minimum Gasteiger partial charge on any atom is -0.490 e. The molecule has 142 valence electrons. The summed E-state index contributed by atoms with van der Waals surface area (Å²) in [6.07, 6.45) is 1.56. The Balaban J connectivity index is 1.73. The summed E-state index contributed by atoms with van der Waals surface area (Å²) in [5.41, 5.74) is 4.39. The molecule has 27 heavy (non-hydrogen) atoms. The van der Waals surface area contributed by atoms with E-state index < -0.39 is 5.82 Å². The van der Waals surface area contributed by atoms with Crippen molar-refractivity contribution in [1.29, 1.82) is 0 Å². The molecule has 0 aliphatic carbocycles. The Hall–Kier alpha value is -2.58. The van der Waals surface area contributed by atoms with E-state index in [9.17, 15) is 4.39 Å². The summed E-state index contributed by atoms with van der Waals surface area (Å²) in [7, 11) is 0. The van der Waals surface area contributed by atoms with Gasteiger partial charge in [-0.15, -0.1) is 0 Å². The van der Waals surface area contributed by atoms with Gasteiger partial charge in [0.15, 0.2) is 11.5 Å². The monoisotopic (exact) mass is 408 g/mol. The van der Waals surface area contributed by atoms with E-state index in [1.165, 1.54) is 6.07 Å². The van der Waals surface area contributed by atoms with E-state index in [1.54, 1.807) is 29.2 Å². The first-order chi connectivity index (χ1) is 13.1. The average Bonchev–Trinajstić information content (AvgIpc) is 3.06. The van der Waals surface area contributed by atoms with Crippen molar-refractivity contribution in [2.75, 3.05) is 12.0 Å². The fourth-order valence-corrected chi connectivity index (χ4v) is 2.79. The smallest absolute Gasteiger partial charge is 0.214 e. The van der Waals surface area contributed by atoms with Crippen LogP contribution in [-0.2, 0) is 13.2 Å². The molecule has 1 heterocycles. The summed E-state index contributed by atoms with van der Waals surface area (Å²) >= 11 is 11.1. The lowest BCUT2D eigenvalue weighted by molar-refractivity contribution is 0.265. The summed E-state index contributed by atoms with van der Waals surface area (Å²) in [4.78, 5) is 0. The van der Waals surface area contributed by atoms with E-state index in [4.69, 9.17) is 33.3 Å². The van der Waals surface area contributed by atoms with Crippen LogP contribution in [0.15, 0.2) is 42.7 Å². The maximum atomic E-state index is 13.9. The molecular formula is C18H18ClFN4O2S. The van der Waals surface area contributed by atoms with Crippen molar-refractivity contribution in [3.8, 4) is 11.5 Å². The van der Waals surface area contributed by atoms with Crippen LogP contribution in [0.25, 0.3) is 0 Å². The molecule has 0 amide bonds. The molecule has 0 radical (unpaired) electrons. The van der Waals surface area contributed by atoms with E-state index in [2.05, 4.69) is 15.6 Å². The number of hydrogen-bond acceptors (Lipinski definition) is 5. The van der Waals surface area contributed by atoms with Gasteiger partial charge in [-0.05, 0) is 49.0 Å². The van der Waals surface area contributed by atoms with Gasteiger partial charge in [0, 0.05) is 5.56 Å². The van der Waals surface area contributed by atoms with Crippen LogP contribution in [-0.4, -0.2) is 21.5 Å². The van der Waals surface area contributed by atoms with Gasteiger partial charge in [0.25, 0.3) is 0 Å². The van der Waals surface area contributed by atoms with Crippen molar-refractivity contribution in [3.05, 3.63) is 69.5 Å². The molecule has 0 aliphatic rings. The van der Waals surface area contributed by atoms with Gasteiger partial charge in [0.1, 0.15) is 18.8 Å². The zero-order chi connectivity index (χ0) is 19.2. The van der Waals surface area contributed by atoms with E-state index in [1.807, 2.05) is 19.1 Å². The Bertz CT molecular complexity index is 956. The lowest BCUT2D eigenvalue weighted by Gasteiger charge is -2.15. The predicted octanol–water partition coefficient (Wildman–Crippen LogP) is 4.45. The van der Waals surface area contributed by atoms with Crippen LogP contribution >= 0.6 is 23.8 Å². The molecule has 0 spiro atoms. The number of rotatable bonds is 8. The average molecular weight is 409 g/mol. The van der Waals surface area contributed by atoms with Crippen molar-refractivity contribution in [2.24, 2.45) is 0 Å². The Morgan fingerprint density at radius 2 is 2.11 bits per heavy atom. The third kappa shape index (κ3) is 4.78. The summed E-state index contributed by atoms with van der Waals surface area (Å²) in [5.74, 6) is 0.679. The quantitative estimate of drug-likeness (QED) is 0.539. The highest BCUT2D eigenvalue weighted by atomic mass is 35.5. The van der Waals surface area contributed by atoms with Gasteiger partial charge in [-0.3, -0.25) is 5.10 Å². The molecule has 2 aromatic carbocycles. The third-order valence-corrected chi connectivity index (χ3v) is 4.39. The molecule has 6 nitrogen and oxygen atoms in total. The highest BCUT2D eigenvalue weighted by molar-refractivity contribution is 7.71. The van der Waals surface area contributed by atoms with E-state index in [0.717, 1.165) is 5.56 Å². The maximum Gasteiger partial charge on any atom is 0.214 e. The molecule has 9 heteroatoms. The number of nitrogens with zero attached hydrogens (tertiary/aromatic N) is 2. The molecule has 0 saturated heterocycles. The van der Waals surface area contributed by atoms with Gasteiger partial charge in [-0.1, -0.05) is 23.7 Å². The van der Waals surface area contributed by atoms with Crippen molar-refractivity contribution in [3.63, 3.8) is 0 Å². The Morgan fingerprint density at radius 1 is 1.26 bits per heavy atom. The summed E-state index contributed by atoms with van der Waals surface area (Å²) in [6.45, 7) is 2.87. The molecule has 1 aromatic heterocycles. The highest BCUT2D eigenvalue weighted by Gasteiger charge is 2.11. The van der Waals surface area contributed by atoms with Gasteiger partial charge in [0.05, 0.1) is 18.2 Å². The zero-order valence-electron chi connectivity index (χ0n) is 14.5. The highest BCUT2D eigenvalue weighted by Crippen LogP contribution is 2.30. The van der Waals surface area contributed by atoms with Gasteiger partial charge < -0.3 is 14.9 Å². The molecule has 3 rings (SSSR count). The first kappa shape index (κ1) is 19.2. The third-order valence-electron chi connectivity index (χ3n) is 3.75. The van der Waals surface area contributed by atoms with Crippen LogP contribution in [0.5, 0.6) is 11.5 Å². The number of ether oxygens (including phenoxy) is 2. The second kappa shape index (κ2) is 8.88. The predicted molar refractivity (Wildman–Crippen MR) is 104 cm³/mol. The SMILES string of the molecule is CCOc1cc(CNn2cn[nH]c2=S)ccc1OCc1c(F)cccc1Cl. The second-order valence-electron chi connectivity index (χ2n) is 5.57. The summed E-state index contributed by atoms with van der Waals surface area (Å²) < 4.78 is 27.4. The number of hydrogen-bond donors (Lipinski definition) is 2. The molecule has 0 fully saturated rings. The number of nitrogens with one attached hydrogen (secondary N) is 2. The van der Waals surface area contributed by atoms with Gasteiger partial charge in [0.2, 0.25) is 4.77 Å². The van der Waals surface area contributed by atoms with E-state index >= 15 is 0 Å². The molecule has 0 atom stereocenters. The molecule has 3 aromatic rings. The topological polar surface area (TPSA) is 64.1 Å². The largest absolute Gasteiger partial charge is 0.490 e. The van der Waals surface area contributed by atoms with Crippen LogP contribution in [0.2, 0.25) is 5.02 Å². The molecule has 2 N–H and O–H groups in total. The Morgan fingerprint density at radius 3 is 2.81 bits per heavy atom. The fraction of sp³-hybridized carbons (Fsp3) is 0.222. The molecule has 0 aliphatic heterocycles. The summed E-state index contributed by atoms with van der Waals surface area (Å²) in [5, 5.41) is 6.84. The number of aromatic amines is 1. The van der Waals surface area contributed by atoms with Gasteiger partial charge >= 0.3 is 0 Å². The van der Waals surface area contributed by atoms with Crippen molar-refractivity contribution < 1.29 is 13.9 Å². The zero-order valence-corrected chi connectivity index (χ0v) is 16.1. The minimum atomic E-state index is -0.405. The Labute approximate surface area is 165 Å². The first-order valence-electron chi connectivity index (χ1n) is 8.25. The van der Waals surface area contributed by atoms with Crippen LogP contribution < -0.4 is 14.9 Å². The molecule has 0 unspecified atom stereocenters. The normalized spacial score (nSPS) is 10.6. The number of halogens is 2. The second-order valence-corrected chi connectivity index (χ2v) is 6.36. The standard InChI is InChI=1S/C18H18ClFN4O2S/c1-2-25-17-8-12(9-22-24-11-21-23-18(24)27)6-7-16(17)26-10-13-14(19)4-3-5-15(13)20/h3-8,11,22H,2,9-10H2,1H3,(H,23,27). The molecule has 0 saturated carbocycles. The van der Waals surface area contributed by atoms with Crippen LogP contribution in [0.1, 0.15) is 18.1 Å². The van der Waals surface area contributed by atoms with Crippen molar-refractivity contribution >= 4 is 23.8 Å². The lowest BCUT2D eigenvalue weighted by atomic mass is 10.2. The van der Waals surface area contributed by atoms with Crippen molar-refractivity contribution in [2.45, 2.75) is 20.1 Å². The fourth-order valence-electron chi connectivity index (χ4n) is 2.41. The maximum absolute atomic E-state index is 13.9. The number of H-pyrrole nitrogens is 1. The van der Waals surface area contributed by atoms with Crippen LogP contribution in [0, 0.1) is 10.6 Å². The van der Waals surface area contributed by atoms with Crippen molar-refractivity contribution in [1.82, 2.24) is 14.9 Å². The minimum absolute atomic E-state index is 0.00730. The number of benzene rings is 2. The van der Waals surface area contributed by atoms with E-state index in [-0.39, 0.29) is 6.61 Å². The molecule has 0 bridgehead atoms. The van der Waals surface area contributed by atoms with Crippen LogP contribution in [0.3, 0.4) is 0 Å². The first-order valence-corrected chi connectivity index (χ1v) is 9.04. The lowest BCUT2D eigenvalue weighted by Crippen LogP contribution is -2.13. The molecular weight excluding hydrogens is 391 g/mol. The van der Waals surface area contributed by atoms with E-state index in [0.29, 0.717) is 40.0 Å². The van der Waals surface area contributed by atoms with Crippen LogP contribution in [0.4, 0.5) is 4.39 Å². The number of aromatic nitrogens is 3. The van der Waals surface area contributed by atoms with Gasteiger partial charge in [-0.25, -0.2) is 9.07 Å². The summed E-state index contributed by atoms with van der Waals surface area (Å²) in [6, 6.07) is 10.1. The Kier molecular flexibility index (Phi) is 6.31.